The molecule has 1 atom stereocenters. The third kappa shape index (κ3) is 5.95. The Balaban J connectivity index is 1.36. The monoisotopic (exact) mass is 443 g/mol. The first kappa shape index (κ1) is 21.6. The average molecular weight is 444 g/mol. The van der Waals surface area contributed by atoms with Gasteiger partial charge in [-0.15, -0.1) is 4.83 Å². The van der Waals surface area contributed by atoms with Crippen LogP contribution in [0.1, 0.15) is 18.4 Å². The van der Waals surface area contributed by atoms with Crippen LogP contribution in [0.25, 0.3) is 10.9 Å². The Bertz CT molecular complexity index is 1130. The molecule has 4 rings (SSSR count). The van der Waals surface area contributed by atoms with Gasteiger partial charge in [-0.3, -0.25) is 14.7 Å². The molecule has 1 fully saturated rings. The Hall–Kier alpha value is -2.66. The van der Waals surface area contributed by atoms with Gasteiger partial charge in [-0.2, -0.15) is 13.5 Å². The number of hydrogen-bond donors (Lipinski definition) is 4. The Morgan fingerprint density at radius 2 is 2.06 bits per heavy atom. The molecule has 3 aromatic rings. The first-order chi connectivity index (χ1) is 14.9. The SMILES string of the molecule is CN(C)NS(=O)(=O)Nc1cccc(CN2CCC[C@H](Nc3ccc4[nH]ncc4c3)C2)c1. The van der Waals surface area contributed by atoms with Crippen molar-refractivity contribution in [3.8, 4) is 0 Å². The van der Waals surface area contributed by atoms with Gasteiger partial charge in [0.05, 0.1) is 17.4 Å². The molecule has 1 aliphatic rings. The fraction of sp³-hybridized carbons (Fsp3) is 0.381. The number of aromatic nitrogens is 2. The Kier molecular flexibility index (Phi) is 6.42. The third-order valence-corrected chi connectivity index (χ3v) is 6.31. The van der Waals surface area contributed by atoms with Gasteiger partial charge in [0, 0.05) is 44.3 Å². The highest BCUT2D eigenvalue weighted by molar-refractivity contribution is 7.90. The van der Waals surface area contributed by atoms with Gasteiger partial charge in [0.25, 0.3) is 0 Å². The Morgan fingerprint density at radius 1 is 1.19 bits per heavy atom. The van der Waals surface area contributed by atoms with Crippen molar-refractivity contribution in [3.05, 3.63) is 54.2 Å². The summed E-state index contributed by atoms with van der Waals surface area (Å²) in [5, 5.41) is 13.2. The number of benzene rings is 2. The molecule has 1 aromatic heterocycles. The number of anilines is 2. The smallest absolute Gasteiger partial charge is 0.312 e. The van der Waals surface area contributed by atoms with Crippen LogP contribution in [0.5, 0.6) is 0 Å². The molecule has 0 radical (unpaired) electrons. The van der Waals surface area contributed by atoms with Crippen molar-refractivity contribution < 1.29 is 8.42 Å². The lowest BCUT2D eigenvalue weighted by atomic mass is 10.0. The van der Waals surface area contributed by atoms with Gasteiger partial charge < -0.3 is 5.32 Å². The summed E-state index contributed by atoms with van der Waals surface area (Å²) in [6.45, 7) is 2.73. The van der Waals surface area contributed by atoms with Gasteiger partial charge in [-0.05, 0) is 55.3 Å². The molecule has 10 heteroatoms. The first-order valence-corrected chi connectivity index (χ1v) is 11.8. The molecule has 0 amide bonds. The molecule has 2 heterocycles. The van der Waals surface area contributed by atoms with E-state index >= 15 is 0 Å². The van der Waals surface area contributed by atoms with E-state index in [0.29, 0.717) is 11.7 Å². The zero-order valence-corrected chi connectivity index (χ0v) is 18.6. The van der Waals surface area contributed by atoms with E-state index in [2.05, 4.69) is 42.1 Å². The number of rotatable bonds is 8. The maximum atomic E-state index is 12.1. The number of H-pyrrole nitrogens is 1. The summed E-state index contributed by atoms with van der Waals surface area (Å²) < 4.78 is 26.8. The number of hydrogen-bond acceptors (Lipinski definition) is 6. The highest BCUT2D eigenvalue weighted by atomic mass is 32.2. The molecular formula is C21H29N7O2S. The molecule has 31 heavy (non-hydrogen) atoms. The number of hydrazine groups is 1. The molecule has 0 bridgehead atoms. The van der Waals surface area contributed by atoms with Crippen LogP contribution in [-0.4, -0.2) is 61.8 Å². The second kappa shape index (κ2) is 9.23. The van der Waals surface area contributed by atoms with Crippen molar-refractivity contribution in [2.75, 3.05) is 37.2 Å². The molecular weight excluding hydrogens is 414 g/mol. The average Bonchev–Trinajstić information content (AvgIpc) is 3.15. The van der Waals surface area contributed by atoms with Crippen LogP contribution in [0.2, 0.25) is 0 Å². The molecule has 9 nitrogen and oxygen atoms in total. The van der Waals surface area contributed by atoms with Crippen LogP contribution < -0.4 is 14.9 Å². The minimum Gasteiger partial charge on any atom is -0.381 e. The van der Waals surface area contributed by atoms with E-state index in [9.17, 15) is 8.42 Å². The Morgan fingerprint density at radius 3 is 2.90 bits per heavy atom. The molecule has 0 unspecified atom stereocenters. The number of fused-ring (bicyclic) bond motifs is 1. The van der Waals surface area contributed by atoms with Crippen molar-refractivity contribution in [1.29, 1.82) is 0 Å². The number of nitrogens with one attached hydrogen (secondary N) is 4. The summed E-state index contributed by atoms with van der Waals surface area (Å²) in [6, 6.07) is 14.2. The normalized spacial score (nSPS) is 17.8. The van der Waals surface area contributed by atoms with E-state index in [0.717, 1.165) is 54.6 Å². The summed E-state index contributed by atoms with van der Waals surface area (Å²) >= 11 is 0. The molecule has 166 valence electrons. The lowest BCUT2D eigenvalue weighted by molar-refractivity contribution is 0.208. The number of nitrogens with zero attached hydrogens (tertiary/aromatic N) is 3. The van der Waals surface area contributed by atoms with Crippen LogP contribution in [0.4, 0.5) is 11.4 Å². The van der Waals surface area contributed by atoms with Gasteiger partial charge in [0.1, 0.15) is 0 Å². The molecule has 2 aromatic carbocycles. The highest BCUT2D eigenvalue weighted by Gasteiger charge is 2.20. The fourth-order valence-electron chi connectivity index (χ4n) is 3.99. The minimum atomic E-state index is -3.64. The van der Waals surface area contributed by atoms with E-state index in [4.69, 9.17) is 0 Å². The van der Waals surface area contributed by atoms with Gasteiger partial charge in [-0.1, -0.05) is 12.1 Å². The quantitative estimate of drug-likeness (QED) is 0.399. The largest absolute Gasteiger partial charge is 0.381 e. The van der Waals surface area contributed by atoms with Gasteiger partial charge in [-0.25, -0.2) is 5.01 Å². The first-order valence-electron chi connectivity index (χ1n) is 10.3. The summed E-state index contributed by atoms with van der Waals surface area (Å²) in [4.78, 5) is 4.78. The predicted molar refractivity (Wildman–Crippen MR) is 124 cm³/mol. The molecule has 0 spiro atoms. The lowest BCUT2D eigenvalue weighted by Gasteiger charge is -2.33. The van der Waals surface area contributed by atoms with Crippen LogP contribution in [-0.2, 0) is 16.8 Å². The number of piperidine rings is 1. The van der Waals surface area contributed by atoms with E-state index in [1.807, 2.05) is 30.5 Å². The minimum absolute atomic E-state index is 0.365. The molecule has 0 saturated carbocycles. The van der Waals surface area contributed by atoms with Gasteiger partial charge in [0.2, 0.25) is 0 Å². The summed E-state index contributed by atoms with van der Waals surface area (Å²) in [5.41, 5.74) is 3.76. The van der Waals surface area contributed by atoms with Crippen molar-refractivity contribution in [1.82, 2.24) is 24.9 Å². The summed E-state index contributed by atoms with van der Waals surface area (Å²) in [5.74, 6) is 0. The highest BCUT2D eigenvalue weighted by Crippen LogP contribution is 2.22. The maximum absolute atomic E-state index is 12.1. The van der Waals surface area contributed by atoms with Crippen LogP contribution in [0, 0.1) is 0 Å². The topological polar surface area (TPSA) is 105 Å². The van der Waals surface area contributed by atoms with Gasteiger partial charge in [0.15, 0.2) is 0 Å². The van der Waals surface area contributed by atoms with Crippen molar-refractivity contribution in [2.45, 2.75) is 25.4 Å². The van der Waals surface area contributed by atoms with Crippen LogP contribution in [0.15, 0.2) is 48.7 Å². The van der Waals surface area contributed by atoms with Crippen molar-refractivity contribution in [3.63, 3.8) is 0 Å². The maximum Gasteiger partial charge on any atom is 0.312 e. The predicted octanol–water partition coefficient (Wildman–Crippen LogP) is 2.36. The number of likely N-dealkylation sites (tertiary alicyclic amines) is 1. The molecule has 0 aliphatic carbocycles. The van der Waals surface area contributed by atoms with E-state index < -0.39 is 10.2 Å². The fourth-order valence-corrected chi connectivity index (χ4v) is 4.96. The zero-order chi connectivity index (χ0) is 21.8. The number of aromatic amines is 1. The van der Waals surface area contributed by atoms with Crippen LogP contribution >= 0.6 is 0 Å². The Labute approximate surface area is 183 Å². The van der Waals surface area contributed by atoms with Crippen LogP contribution in [0.3, 0.4) is 0 Å². The van der Waals surface area contributed by atoms with Crippen molar-refractivity contribution in [2.24, 2.45) is 0 Å². The molecule has 4 N–H and O–H groups in total. The molecule has 1 aliphatic heterocycles. The van der Waals surface area contributed by atoms with Gasteiger partial charge >= 0.3 is 10.2 Å². The third-order valence-electron chi connectivity index (χ3n) is 5.20. The summed E-state index contributed by atoms with van der Waals surface area (Å²) in [6.07, 6.45) is 4.07. The second-order valence-corrected chi connectivity index (χ2v) is 9.58. The standard InChI is InChI=1S/C21H29N7O2S/c1-27(2)26-31(29,30)25-19-6-3-5-16(11-19)14-28-10-4-7-20(15-28)23-18-8-9-21-17(12-18)13-22-24-21/h3,5-6,8-9,11-13,20,23,25-26H,4,7,10,14-15H2,1-2H3,(H,22,24)/t20-/m0/s1. The second-order valence-electron chi connectivity index (χ2n) is 8.18. The lowest BCUT2D eigenvalue weighted by Crippen LogP contribution is -2.41. The van der Waals surface area contributed by atoms with E-state index in [1.54, 1.807) is 20.2 Å². The van der Waals surface area contributed by atoms with E-state index in [1.165, 1.54) is 5.01 Å². The van der Waals surface area contributed by atoms with Crippen molar-refractivity contribution >= 4 is 32.5 Å². The zero-order valence-electron chi connectivity index (χ0n) is 17.8. The molecule has 1 saturated heterocycles. The summed E-state index contributed by atoms with van der Waals surface area (Å²) in [7, 11) is -0.386. The van der Waals surface area contributed by atoms with E-state index in [-0.39, 0.29) is 0 Å².